The molecule has 0 unspecified atom stereocenters. The van der Waals surface area contributed by atoms with E-state index in [0.29, 0.717) is 12.5 Å². The summed E-state index contributed by atoms with van der Waals surface area (Å²) in [6, 6.07) is 6.62. The molecule has 2 aromatic rings. The van der Waals surface area contributed by atoms with Crippen molar-refractivity contribution in [3.05, 3.63) is 46.2 Å². The van der Waals surface area contributed by atoms with Crippen LogP contribution in [0, 0.1) is 12.7 Å². The molecule has 0 amide bonds. The van der Waals surface area contributed by atoms with Gasteiger partial charge in [0, 0.05) is 42.9 Å². The van der Waals surface area contributed by atoms with Crippen molar-refractivity contribution in [1.82, 2.24) is 9.88 Å². The van der Waals surface area contributed by atoms with Gasteiger partial charge in [-0.05, 0) is 31.2 Å². The minimum absolute atomic E-state index is 0. The first-order valence-corrected chi connectivity index (χ1v) is 8.40. The van der Waals surface area contributed by atoms with Crippen LogP contribution in [0.1, 0.15) is 9.88 Å². The van der Waals surface area contributed by atoms with Crippen molar-refractivity contribution < 1.29 is 4.39 Å². The molecule has 0 radical (unpaired) electrons. The second-order valence-corrected chi connectivity index (χ2v) is 6.79. The minimum atomic E-state index is -0.206. The maximum absolute atomic E-state index is 13.0. The van der Waals surface area contributed by atoms with Gasteiger partial charge >= 0.3 is 0 Å². The number of guanidine groups is 1. The third-order valence-electron chi connectivity index (χ3n) is 3.86. The molecule has 1 saturated heterocycles. The predicted octanol–water partition coefficient (Wildman–Crippen LogP) is 2.85. The van der Waals surface area contributed by atoms with Crippen molar-refractivity contribution in [2.45, 2.75) is 13.5 Å². The molecule has 130 valence electrons. The average molecular weight is 461 g/mol. The van der Waals surface area contributed by atoms with E-state index in [4.69, 9.17) is 5.73 Å². The zero-order valence-electron chi connectivity index (χ0n) is 13.5. The van der Waals surface area contributed by atoms with Gasteiger partial charge in [-0.2, -0.15) is 0 Å². The van der Waals surface area contributed by atoms with Crippen LogP contribution in [0.25, 0.3) is 0 Å². The van der Waals surface area contributed by atoms with E-state index in [1.54, 1.807) is 11.3 Å². The second kappa shape index (κ2) is 8.61. The normalized spacial score (nSPS) is 15.3. The van der Waals surface area contributed by atoms with Crippen LogP contribution in [0.5, 0.6) is 0 Å². The smallest absolute Gasteiger partial charge is 0.191 e. The van der Waals surface area contributed by atoms with Crippen LogP contribution >= 0.6 is 35.3 Å². The number of hydrogen-bond acceptors (Lipinski definition) is 4. The van der Waals surface area contributed by atoms with Crippen LogP contribution < -0.4 is 10.6 Å². The lowest BCUT2D eigenvalue weighted by atomic mass is 10.2. The van der Waals surface area contributed by atoms with Gasteiger partial charge in [0.15, 0.2) is 5.96 Å². The Balaban J connectivity index is 0.00000208. The fraction of sp³-hybridized carbons (Fsp3) is 0.375. The third kappa shape index (κ3) is 4.79. The van der Waals surface area contributed by atoms with Crippen molar-refractivity contribution in [2.24, 2.45) is 10.7 Å². The lowest BCUT2D eigenvalue weighted by Crippen LogP contribution is -2.51. The molecule has 2 heterocycles. The van der Waals surface area contributed by atoms with E-state index in [2.05, 4.69) is 19.8 Å². The van der Waals surface area contributed by atoms with Gasteiger partial charge in [0.05, 0.1) is 11.6 Å². The van der Waals surface area contributed by atoms with E-state index < -0.39 is 0 Å². The van der Waals surface area contributed by atoms with E-state index in [0.717, 1.165) is 41.8 Å². The Morgan fingerprint density at radius 2 is 1.92 bits per heavy atom. The van der Waals surface area contributed by atoms with Crippen molar-refractivity contribution in [2.75, 3.05) is 31.1 Å². The molecule has 2 N–H and O–H groups in total. The van der Waals surface area contributed by atoms with Crippen LogP contribution in [0.3, 0.4) is 0 Å². The summed E-state index contributed by atoms with van der Waals surface area (Å²) in [5.41, 5.74) is 7.14. The first kappa shape index (κ1) is 18.9. The summed E-state index contributed by atoms with van der Waals surface area (Å²) in [4.78, 5) is 14.1. The Hall–Kier alpha value is -1.42. The predicted molar refractivity (Wildman–Crippen MR) is 108 cm³/mol. The molecule has 0 bridgehead atoms. The lowest BCUT2D eigenvalue weighted by molar-refractivity contribution is 0.380. The summed E-state index contributed by atoms with van der Waals surface area (Å²) >= 11 is 1.64. The van der Waals surface area contributed by atoms with Gasteiger partial charge in [0.2, 0.25) is 0 Å². The number of aromatic nitrogens is 1. The number of nitrogens with two attached hydrogens (primary N) is 1. The molecule has 1 fully saturated rings. The molecule has 1 aliphatic rings. The molecule has 0 spiro atoms. The van der Waals surface area contributed by atoms with E-state index in [-0.39, 0.29) is 29.8 Å². The highest BCUT2D eigenvalue weighted by Crippen LogP contribution is 2.17. The summed E-state index contributed by atoms with van der Waals surface area (Å²) in [6.07, 6.45) is 1.85. The maximum Gasteiger partial charge on any atom is 0.191 e. The Morgan fingerprint density at radius 1 is 1.25 bits per heavy atom. The Morgan fingerprint density at radius 3 is 2.50 bits per heavy atom. The number of aryl methyl sites for hydroxylation is 1. The largest absolute Gasteiger partial charge is 0.370 e. The zero-order chi connectivity index (χ0) is 16.2. The van der Waals surface area contributed by atoms with Gasteiger partial charge in [-0.15, -0.1) is 35.3 Å². The van der Waals surface area contributed by atoms with E-state index in [1.165, 1.54) is 12.1 Å². The molecule has 0 atom stereocenters. The van der Waals surface area contributed by atoms with Crippen LogP contribution in [-0.4, -0.2) is 42.0 Å². The fourth-order valence-electron chi connectivity index (χ4n) is 2.58. The Labute approximate surface area is 162 Å². The Bertz CT molecular complexity index is 680. The van der Waals surface area contributed by atoms with E-state index >= 15 is 0 Å². The highest BCUT2D eigenvalue weighted by molar-refractivity contribution is 14.0. The molecule has 5 nitrogen and oxygen atoms in total. The number of anilines is 1. The number of halogens is 2. The minimum Gasteiger partial charge on any atom is -0.370 e. The molecule has 0 aliphatic carbocycles. The lowest BCUT2D eigenvalue weighted by Gasteiger charge is -2.36. The van der Waals surface area contributed by atoms with Gasteiger partial charge in [0.25, 0.3) is 0 Å². The molecule has 1 aromatic carbocycles. The average Bonchev–Trinajstić information content (AvgIpc) is 2.99. The summed E-state index contributed by atoms with van der Waals surface area (Å²) < 4.78 is 13.0. The van der Waals surface area contributed by atoms with Crippen LogP contribution in [0.4, 0.5) is 10.1 Å². The zero-order valence-corrected chi connectivity index (χ0v) is 16.6. The number of rotatable bonds is 3. The maximum atomic E-state index is 13.0. The summed E-state index contributed by atoms with van der Waals surface area (Å²) in [5.74, 6) is 0.372. The molecule has 1 aliphatic heterocycles. The van der Waals surface area contributed by atoms with Gasteiger partial charge in [-0.3, -0.25) is 0 Å². The van der Waals surface area contributed by atoms with Crippen molar-refractivity contribution >= 4 is 47.0 Å². The first-order chi connectivity index (χ1) is 11.1. The number of hydrogen-bond donors (Lipinski definition) is 1. The van der Waals surface area contributed by atoms with Gasteiger partial charge in [-0.1, -0.05) is 0 Å². The van der Waals surface area contributed by atoms with Gasteiger partial charge in [-0.25, -0.2) is 14.4 Å². The monoisotopic (exact) mass is 461 g/mol. The standard InChI is InChI=1S/C16H20FN5S.HI/c1-12-19-10-15(23-12)11-20-16(18)22-8-6-21(7-9-22)14-4-2-13(17)3-5-14;/h2-5,10H,6-9,11H2,1H3,(H2,18,20);1H. The molecule has 8 heteroatoms. The first-order valence-electron chi connectivity index (χ1n) is 7.58. The highest BCUT2D eigenvalue weighted by atomic mass is 127. The number of aliphatic imine (C=N–C) groups is 1. The quantitative estimate of drug-likeness (QED) is 0.434. The third-order valence-corrected chi connectivity index (χ3v) is 4.76. The molecule has 24 heavy (non-hydrogen) atoms. The Kier molecular flexibility index (Phi) is 6.79. The van der Waals surface area contributed by atoms with E-state index in [9.17, 15) is 4.39 Å². The van der Waals surface area contributed by atoms with Gasteiger partial charge < -0.3 is 15.5 Å². The number of nitrogens with zero attached hydrogens (tertiary/aromatic N) is 4. The highest BCUT2D eigenvalue weighted by Gasteiger charge is 2.18. The number of thiazole rings is 1. The topological polar surface area (TPSA) is 57.8 Å². The summed E-state index contributed by atoms with van der Waals surface area (Å²) in [5, 5.41) is 1.04. The summed E-state index contributed by atoms with van der Waals surface area (Å²) in [6.45, 7) is 5.89. The molecule has 1 aromatic heterocycles. The van der Waals surface area contributed by atoms with Crippen molar-refractivity contribution in [3.63, 3.8) is 0 Å². The summed E-state index contributed by atoms with van der Waals surface area (Å²) in [7, 11) is 0. The van der Waals surface area contributed by atoms with Crippen LogP contribution in [0.2, 0.25) is 0 Å². The number of benzene rings is 1. The van der Waals surface area contributed by atoms with Gasteiger partial charge in [0.1, 0.15) is 5.82 Å². The van der Waals surface area contributed by atoms with E-state index in [1.807, 2.05) is 25.3 Å². The SMILES string of the molecule is Cc1ncc(CN=C(N)N2CCN(c3ccc(F)cc3)CC2)s1.I. The molecule has 0 saturated carbocycles. The molecular formula is C16H21FIN5S. The second-order valence-electron chi connectivity index (χ2n) is 5.47. The molecule has 3 rings (SSSR count). The van der Waals surface area contributed by atoms with Crippen molar-refractivity contribution in [1.29, 1.82) is 0 Å². The van der Waals surface area contributed by atoms with Crippen molar-refractivity contribution in [3.8, 4) is 0 Å². The van der Waals surface area contributed by atoms with Crippen LogP contribution in [0.15, 0.2) is 35.5 Å². The molecular weight excluding hydrogens is 440 g/mol. The van der Waals surface area contributed by atoms with Crippen LogP contribution in [-0.2, 0) is 6.54 Å². The number of piperazine rings is 1. The fourth-order valence-corrected chi connectivity index (χ4v) is 3.30.